The van der Waals surface area contributed by atoms with Crippen LogP contribution in [0.25, 0.3) is 0 Å². The standard InChI is InChI=1S/C15H25NO3/c1-2-11-16(12-17)15(13(18)19)9-7-14(8-10-15)5-3-4-6-14/h12H,2-11H2,1H3,(H,18,19). The summed E-state index contributed by atoms with van der Waals surface area (Å²) >= 11 is 0. The predicted molar refractivity (Wildman–Crippen MR) is 72.8 cm³/mol. The van der Waals surface area contributed by atoms with E-state index in [0.29, 0.717) is 24.8 Å². The van der Waals surface area contributed by atoms with Gasteiger partial charge in [0.1, 0.15) is 5.54 Å². The molecule has 0 aromatic rings. The summed E-state index contributed by atoms with van der Waals surface area (Å²) in [6.45, 7) is 2.52. The van der Waals surface area contributed by atoms with Gasteiger partial charge in [-0.15, -0.1) is 0 Å². The molecule has 0 heterocycles. The maximum Gasteiger partial charge on any atom is 0.329 e. The maximum absolute atomic E-state index is 11.8. The monoisotopic (exact) mass is 267 g/mol. The van der Waals surface area contributed by atoms with Crippen molar-refractivity contribution in [2.45, 2.75) is 70.3 Å². The first kappa shape index (κ1) is 14.4. The summed E-state index contributed by atoms with van der Waals surface area (Å²) < 4.78 is 0. The first-order valence-electron chi connectivity index (χ1n) is 7.54. The lowest BCUT2D eigenvalue weighted by Gasteiger charge is -2.47. The van der Waals surface area contributed by atoms with Crippen LogP contribution in [0.5, 0.6) is 0 Å². The molecule has 1 amide bonds. The minimum absolute atomic E-state index is 0.389. The van der Waals surface area contributed by atoms with E-state index in [1.54, 1.807) is 0 Å². The smallest absolute Gasteiger partial charge is 0.329 e. The van der Waals surface area contributed by atoms with Crippen LogP contribution in [-0.4, -0.2) is 34.5 Å². The fourth-order valence-corrected chi connectivity index (χ4v) is 4.05. The molecule has 1 N–H and O–H groups in total. The van der Waals surface area contributed by atoms with E-state index in [2.05, 4.69) is 0 Å². The SMILES string of the molecule is CCCN(C=O)C1(C(=O)O)CCC2(CCCC2)CC1. The number of hydrogen-bond acceptors (Lipinski definition) is 2. The molecule has 2 aliphatic carbocycles. The number of nitrogens with zero attached hydrogens (tertiary/aromatic N) is 1. The molecule has 2 aliphatic rings. The summed E-state index contributed by atoms with van der Waals surface area (Å²) in [4.78, 5) is 24.6. The highest BCUT2D eigenvalue weighted by Gasteiger charge is 2.50. The Hall–Kier alpha value is -1.06. The van der Waals surface area contributed by atoms with Crippen molar-refractivity contribution in [2.75, 3.05) is 6.54 Å². The minimum Gasteiger partial charge on any atom is -0.479 e. The Morgan fingerprint density at radius 3 is 2.16 bits per heavy atom. The van der Waals surface area contributed by atoms with Gasteiger partial charge in [-0.2, -0.15) is 0 Å². The van der Waals surface area contributed by atoms with Crippen molar-refractivity contribution in [1.29, 1.82) is 0 Å². The lowest BCUT2D eigenvalue weighted by Crippen LogP contribution is -2.57. The molecule has 0 aliphatic heterocycles. The van der Waals surface area contributed by atoms with E-state index in [0.717, 1.165) is 25.7 Å². The highest BCUT2D eigenvalue weighted by molar-refractivity contribution is 5.81. The third-order valence-electron chi connectivity index (χ3n) is 5.34. The van der Waals surface area contributed by atoms with Gasteiger partial charge in [-0.3, -0.25) is 4.79 Å². The molecule has 4 heteroatoms. The van der Waals surface area contributed by atoms with E-state index in [4.69, 9.17) is 0 Å². The second-order valence-electron chi connectivity index (χ2n) is 6.34. The van der Waals surface area contributed by atoms with Crippen LogP contribution in [0.15, 0.2) is 0 Å². The molecule has 2 fully saturated rings. The van der Waals surface area contributed by atoms with Crippen LogP contribution < -0.4 is 0 Å². The van der Waals surface area contributed by atoms with Crippen molar-refractivity contribution in [2.24, 2.45) is 5.41 Å². The average molecular weight is 267 g/mol. The largest absolute Gasteiger partial charge is 0.479 e. The molecular formula is C15H25NO3. The van der Waals surface area contributed by atoms with E-state index < -0.39 is 11.5 Å². The van der Waals surface area contributed by atoms with Gasteiger partial charge in [-0.1, -0.05) is 19.8 Å². The van der Waals surface area contributed by atoms with Gasteiger partial charge in [-0.25, -0.2) is 4.79 Å². The number of hydrogen-bond donors (Lipinski definition) is 1. The summed E-state index contributed by atoms with van der Waals surface area (Å²) in [6.07, 6.45) is 9.79. The van der Waals surface area contributed by atoms with Crippen molar-refractivity contribution < 1.29 is 14.7 Å². The Labute approximate surface area is 115 Å². The lowest BCUT2D eigenvalue weighted by molar-refractivity contribution is -0.159. The Morgan fingerprint density at radius 2 is 1.74 bits per heavy atom. The van der Waals surface area contributed by atoms with Gasteiger partial charge in [0, 0.05) is 6.54 Å². The van der Waals surface area contributed by atoms with Crippen molar-refractivity contribution >= 4 is 12.4 Å². The summed E-state index contributed by atoms with van der Waals surface area (Å²) in [7, 11) is 0. The molecule has 108 valence electrons. The predicted octanol–water partition coefficient (Wildman–Crippen LogP) is 2.81. The van der Waals surface area contributed by atoms with Gasteiger partial charge in [0.15, 0.2) is 0 Å². The third kappa shape index (κ3) is 2.49. The van der Waals surface area contributed by atoms with E-state index >= 15 is 0 Å². The molecule has 1 spiro atoms. The molecule has 0 saturated heterocycles. The van der Waals surface area contributed by atoms with Gasteiger partial charge < -0.3 is 10.0 Å². The van der Waals surface area contributed by atoms with E-state index in [-0.39, 0.29) is 0 Å². The van der Waals surface area contributed by atoms with E-state index in [1.807, 2.05) is 6.92 Å². The van der Waals surface area contributed by atoms with Crippen LogP contribution in [-0.2, 0) is 9.59 Å². The zero-order valence-electron chi connectivity index (χ0n) is 11.9. The summed E-state index contributed by atoms with van der Waals surface area (Å²) in [5.74, 6) is -0.819. The van der Waals surface area contributed by atoms with Gasteiger partial charge in [0.05, 0.1) is 0 Å². The van der Waals surface area contributed by atoms with Crippen LogP contribution in [0.4, 0.5) is 0 Å². The van der Waals surface area contributed by atoms with Gasteiger partial charge in [0.2, 0.25) is 6.41 Å². The zero-order chi connectivity index (χ0) is 13.9. The molecule has 2 saturated carbocycles. The Balaban J connectivity index is 2.14. The molecule has 2 rings (SSSR count). The maximum atomic E-state index is 11.8. The number of rotatable bonds is 5. The molecular weight excluding hydrogens is 242 g/mol. The molecule has 0 unspecified atom stereocenters. The minimum atomic E-state index is -0.939. The number of carboxylic acid groups (broad SMARTS) is 1. The van der Waals surface area contributed by atoms with Crippen LogP contribution in [0.3, 0.4) is 0 Å². The van der Waals surface area contributed by atoms with Gasteiger partial charge >= 0.3 is 5.97 Å². The fourth-order valence-electron chi connectivity index (χ4n) is 4.05. The summed E-state index contributed by atoms with van der Waals surface area (Å²) in [5.41, 5.74) is -0.550. The average Bonchev–Trinajstić information content (AvgIpc) is 2.86. The first-order valence-corrected chi connectivity index (χ1v) is 7.54. The molecule has 0 bridgehead atoms. The summed E-state index contributed by atoms with van der Waals surface area (Å²) in [6, 6.07) is 0. The van der Waals surface area contributed by atoms with E-state index in [9.17, 15) is 14.7 Å². The number of carboxylic acids is 1. The first-order chi connectivity index (χ1) is 9.08. The topological polar surface area (TPSA) is 57.6 Å². The van der Waals surface area contributed by atoms with Crippen LogP contribution in [0, 0.1) is 5.41 Å². The molecule has 0 atom stereocenters. The second kappa shape index (κ2) is 5.51. The van der Waals surface area contributed by atoms with Gasteiger partial charge in [0.25, 0.3) is 0 Å². The van der Waals surface area contributed by atoms with Crippen LogP contribution in [0.1, 0.15) is 64.7 Å². The number of aliphatic carboxylic acids is 1. The van der Waals surface area contributed by atoms with Crippen molar-refractivity contribution in [3.8, 4) is 0 Å². The number of amides is 1. The van der Waals surface area contributed by atoms with Gasteiger partial charge in [-0.05, 0) is 50.4 Å². The quantitative estimate of drug-likeness (QED) is 0.779. The second-order valence-corrected chi connectivity index (χ2v) is 6.34. The zero-order valence-corrected chi connectivity index (χ0v) is 11.9. The molecule has 0 radical (unpaired) electrons. The third-order valence-corrected chi connectivity index (χ3v) is 5.34. The number of carbonyl (C=O) groups is 2. The van der Waals surface area contributed by atoms with Crippen LogP contribution in [0.2, 0.25) is 0 Å². The molecule has 0 aromatic heterocycles. The van der Waals surface area contributed by atoms with Crippen molar-refractivity contribution in [1.82, 2.24) is 4.90 Å². The highest BCUT2D eigenvalue weighted by atomic mass is 16.4. The van der Waals surface area contributed by atoms with Crippen molar-refractivity contribution in [3.05, 3.63) is 0 Å². The Morgan fingerprint density at radius 1 is 1.16 bits per heavy atom. The number of carbonyl (C=O) groups excluding carboxylic acids is 1. The Kier molecular flexibility index (Phi) is 4.16. The Bertz CT molecular complexity index is 337. The molecule has 19 heavy (non-hydrogen) atoms. The van der Waals surface area contributed by atoms with Crippen LogP contribution >= 0.6 is 0 Å². The molecule has 4 nitrogen and oxygen atoms in total. The van der Waals surface area contributed by atoms with Crippen molar-refractivity contribution in [3.63, 3.8) is 0 Å². The summed E-state index contributed by atoms with van der Waals surface area (Å²) in [5, 5.41) is 9.65. The normalized spacial score (nSPS) is 24.3. The highest BCUT2D eigenvalue weighted by Crippen LogP contribution is 2.52. The fraction of sp³-hybridized carbons (Fsp3) is 0.867. The van der Waals surface area contributed by atoms with E-state index in [1.165, 1.54) is 30.6 Å². The molecule has 0 aromatic carbocycles. The lowest BCUT2D eigenvalue weighted by atomic mass is 9.66.